The zero-order chi connectivity index (χ0) is 13.2. The highest BCUT2D eigenvalue weighted by molar-refractivity contribution is 9.10. The molecule has 0 unspecified atom stereocenters. The maximum Gasteiger partial charge on any atom is 0.264 e. The third-order valence-electron chi connectivity index (χ3n) is 2.08. The fraction of sp³-hybridized carbons (Fsp3) is 0. The summed E-state index contributed by atoms with van der Waals surface area (Å²) in [4.78, 5) is 7.45. The van der Waals surface area contributed by atoms with Gasteiger partial charge in [-0.15, -0.1) is 0 Å². The lowest BCUT2D eigenvalue weighted by Crippen LogP contribution is -2.15. The van der Waals surface area contributed by atoms with Crippen LogP contribution in [0, 0.1) is 0 Å². The molecular formula is C10H9BrN4O2S. The van der Waals surface area contributed by atoms with E-state index in [-0.39, 0.29) is 16.3 Å². The number of nitrogens with zero attached hydrogens (tertiary/aromatic N) is 2. The van der Waals surface area contributed by atoms with Gasteiger partial charge in [0.15, 0.2) is 0 Å². The monoisotopic (exact) mass is 328 g/mol. The van der Waals surface area contributed by atoms with E-state index in [0.717, 1.165) is 0 Å². The molecule has 6 nitrogen and oxygen atoms in total. The van der Waals surface area contributed by atoms with Gasteiger partial charge in [-0.25, -0.2) is 18.4 Å². The van der Waals surface area contributed by atoms with Gasteiger partial charge in [-0.2, -0.15) is 0 Å². The van der Waals surface area contributed by atoms with Gasteiger partial charge < -0.3 is 5.73 Å². The van der Waals surface area contributed by atoms with Gasteiger partial charge >= 0.3 is 0 Å². The SMILES string of the molecule is Nc1ccc(Br)cc1S(=O)(=O)Nc1cncnc1. The molecular weight excluding hydrogens is 320 g/mol. The summed E-state index contributed by atoms with van der Waals surface area (Å²) in [6, 6.07) is 4.61. The van der Waals surface area contributed by atoms with Crippen LogP contribution in [0.5, 0.6) is 0 Å². The van der Waals surface area contributed by atoms with E-state index in [4.69, 9.17) is 5.73 Å². The Morgan fingerprint density at radius 3 is 2.56 bits per heavy atom. The van der Waals surface area contributed by atoms with Crippen LogP contribution in [0.3, 0.4) is 0 Å². The van der Waals surface area contributed by atoms with Gasteiger partial charge in [-0.3, -0.25) is 4.72 Å². The van der Waals surface area contributed by atoms with Crippen LogP contribution < -0.4 is 10.5 Å². The molecule has 1 heterocycles. The first-order valence-electron chi connectivity index (χ1n) is 4.82. The molecule has 0 bridgehead atoms. The van der Waals surface area contributed by atoms with E-state index in [1.807, 2.05) is 0 Å². The first-order chi connectivity index (χ1) is 8.49. The van der Waals surface area contributed by atoms with Crippen molar-refractivity contribution in [2.75, 3.05) is 10.5 Å². The Kier molecular flexibility index (Phi) is 3.48. The quantitative estimate of drug-likeness (QED) is 0.834. The molecule has 0 aliphatic rings. The van der Waals surface area contributed by atoms with Crippen LogP contribution in [0.2, 0.25) is 0 Å². The highest BCUT2D eigenvalue weighted by Crippen LogP contribution is 2.24. The van der Waals surface area contributed by atoms with E-state index in [9.17, 15) is 8.42 Å². The number of anilines is 2. The molecule has 1 aromatic heterocycles. The van der Waals surface area contributed by atoms with Gasteiger partial charge in [0.05, 0.1) is 23.8 Å². The molecule has 8 heteroatoms. The van der Waals surface area contributed by atoms with Crippen LogP contribution >= 0.6 is 15.9 Å². The Bertz CT molecular complexity index is 661. The summed E-state index contributed by atoms with van der Waals surface area (Å²) in [5, 5.41) is 0. The normalized spacial score (nSPS) is 11.2. The summed E-state index contributed by atoms with van der Waals surface area (Å²) in [7, 11) is -3.75. The zero-order valence-electron chi connectivity index (χ0n) is 9.04. The third kappa shape index (κ3) is 2.77. The maximum atomic E-state index is 12.1. The molecule has 0 saturated carbocycles. The molecule has 0 saturated heterocycles. The highest BCUT2D eigenvalue weighted by Gasteiger charge is 2.18. The topological polar surface area (TPSA) is 98.0 Å². The van der Waals surface area contributed by atoms with Crippen molar-refractivity contribution in [2.45, 2.75) is 4.90 Å². The van der Waals surface area contributed by atoms with Crippen LogP contribution in [-0.4, -0.2) is 18.4 Å². The van der Waals surface area contributed by atoms with E-state index in [0.29, 0.717) is 4.47 Å². The van der Waals surface area contributed by atoms with Crippen molar-refractivity contribution >= 4 is 37.3 Å². The van der Waals surface area contributed by atoms with E-state index in [2.05, 4.69) is 30.6 Å². The number of nitrogens with two attached hydrogens (primary N) is 1. The second-order valence-corrected chi connectivity index (χ2v) is 5.98. The van der Waals surface area contributed by atoms with Crippen molar-refractivity contribution < 1.29 is 8.42 Å². The van der Waals surface area contributed by atoms with E-state index in [1.165, 1.54) is 30.9 Å². The molecule has 3 N–H and O–H groups in total. The smallest absolute Gasteiger partial charge is 0.264 e. The zero-order valence-corrected chi connectivity index (χ0v) is 11.4. The number of aromatic nitrogens is 2. The number of benzene rings is 1. The van der Waals surface area contributed by atoms with E-state index < -0.39 is 10.0 Å². The second-order valence-electron chi connectivity index (χ2n) is 3.41. The lowest BCUT2D eigenvalue weighted by atomic mass is 10.3. The molecule has 94 valence electrons. The van der Waals surface area contributed by atoms with Crippen LogP contribution in [0.1, 0.15) is 0 Å². The lowest BCUT2D eigenvalue weighted by Gasteiger charge is -2.09. The summed E-state index contributed by atoms with van der Waals surface area (Å²) < 4.78 is 27.2. The van der Waals surface area contributed by atoms with Gasteiger partial charge in [-0.05, 0) is 18.2 Å². The highest BCUT2D eigenvalue weighted by atomic mass is 79.9. The van der Waals surface area contributed by atoms with Crippen LogP contribution in [-0.2, 0) is 10.0 Å². The van der Waals surface area contributed by atoms with E-state index in [1.54, 1.807) is 6.07 Å². The molecule has 0 fully saturated rings. The number of hydrogen-bond donors (Lipinski definition) is 2. The number of hydrogen-bond acceptors (Lipinski definition) is 5. The molecule has 0 atom stereocenters. The second kappa shape index (κ2) is 4.91. The molecule has 0 amide bonds. The fourth-order valence-corrected chi connectivity index (χ4v) is 3.00. The van der Waals surface area contributed by atoms with E-state index >= 15 is 0 Å². The largest absolute Gasteiger partial charge is 0.398 e. The van der Waals surface area contributed by atoms with Gasteiger partial charge in [0.1, 0.15) is 11.2 Å². The molecule has 0 radical (unpaired) electrons. The molecule has 0 aliphatic heterocycles. The van der Waals surface area contributed by atoms with Crippen LogP contribution in [0.25, 0.3) is 0 Å². The number of nitrogens with one attached hydrogen (secondary N) is 1. The number of nitrogen functional groups attached to an aromatic ring is 1. The average molecular weight is 329 g/mol. The van der Waals surface area contributed by atoms with Gasteiger partial charge in [0.2, 0.25) is 0 Å². The standard InChI is InChI=1S/C10H9BrN4O2S/c11-7-1-2-9(12)10(3-7)18(16,17)15-8-4-13-6-14-5-8/h1-6,15H,12H2. The molecule has 1 aromatic carbocycles. The average Bonchev–Trinajstić information content (AvgIpc) is 2.33. The summed E-state index contributed by atoms with van der Waals surface area (Å²) in [6.07, 6.45) is 4.03. The predicted molar refractivity (Wildman–Crippen MR) is 71.4 cm³/mol. The summed E-state index contributed by atoms with van der Waals surface area (Å²) >= 11 is 3.20. The van der Waals surface area contributed by atoms with Gasteiger partial charge in [0, 0.05) is 4.47 Å². The van der Waals surface area contributed by atoms with Crippen molar-refractivity contribution in [1.82, 2.24) is 9.97 Å². The summed E-state index contributed by atoms with van der Waals surface area (Å²) in [5.41, 5.74) is 6.10. The van der Waals surface area contributed by atoms with Gasteiger partial charge in [0.25, 0.3) is 10.0 Å². The molecule has 18 heavy (non-hydrogen) atoms. The molecule has 2 aromatic rings. The van der Waals surface area contributed by atoms with Crippen molar-refractivity contribution in [3.8, 4) is 0 Å². The molecule has 0 spiro atoms. The fourth-order valence-electron chi connectivity index (χ4n) is 1.30. The number of halogens is 1. The van der Waals surface area contributed by atoms with Crippen molar-refractivity contribution in [3.63, 3.8) is 0 Å². The Hall–Kier alpha value is -1.67. The first-order valence-corrected chi connectivity index (χ1v) is 7.09. The summed E-state index contributed by atoms with van der Waals surface area (Å²) in [5.74, 6) is 0. The summed E-state index contributed by atoms with van der Waals surface area (Å²) in [6.45, 7) is 0. The number of rotatable bonds is 3. The minimum Gasteiger partial charge on any atom is -0.398 e. The van der Waals surface area contributed by atoms with Crippen LogP contribution in [0.4, 0.5) is 11.4 Å². The third-order valence-corrected chi connectivity index (χ3v) is 4.01. The minimum atomic E-state index is -3.75. The molecule has 2 rings (SSSR count). The first kappa shape index (κ1) is 12.8. The van der Waals surface area contributed by atoms with Crippen molar-refractivity contribution in [1.29, 1.82) is 0 Å². The lowest BCUT2D eigenvalue weighted by molar-refractivity contribution is 0.601. The Morgan fingerprint density at radius 2 is 1.89 bits per heavy atom. The van der Waals surface area contributed by atoms with Crippen molar-refractivity contribution in [2.24, 2.45) is 0 Å². The Labute approximate surface area is 112 Å². The Balaban J connectivity index is 2.40. The van der Waals surface area contributed by atoms with Gasteiger partial charge in [-0.1, -0.05) is 15.9 Å². The Morgan fingerprint density at radius 1 is 1.22 bits per heavy atom. The predicted octanol–water partition coefficient (Wildman–Crippen LogP) is 1.62. The van der Waals surface area contributed by atoms with Crippen molar-refractivity contribution in [3.05, 3.63) is 41.4 Å². The number of sulfonamides is 1. The minimum absolute atomic E-state index is 0.000674. The molecule has 0 aliphatic carbocycles. The maximum absolute atomic E-state index is 12.1. The van der Waals surface area contributed by atoms with Crippen LogP contribution in [0.15, 0.2) is 46.3 Å².